The van der Waals surface area contributed by atoms with Crippen molar-refractivity contribution in [3.05, 3.63) is 146 Å². The maximum atomic E-state index is 4.76. The molecule has 0 bridgehead atoms. The average Bonchev–Trinajstić information content (AvgIpc) is 3.78. The highest BCUT2D eigenvalue weighted by atomic mass is 15.0. The molecule has 10 aromatic rings. The van der Waals surface area contributed by atoms with Gasteiger partial charge in [0.15, 0.2) is 0 Å². The summed E-state index contributed by atoms with van der Waals surface area (Å²) in [5.74, 6) is 0. The molecule has 0 fully saturated rings. The van der Waals surface area contributed by atoms with Gasteiger partial charge in [0.2, 0.25) is 0 Å². The van der Waals surface area contributed by atoms with Crippen LogP contribution in [0.3, 0.4) is 0 Å². The minimum absolute atomic E-state index is 0.984. The van der Waals surface area contributed by atoms with E-state index in [2.05, 4.69) is 153 Å². The Balaban J connectivity index is 1.52. The molecule has 0 unspecified atom stereocenters. The molecule has 0 saturated heterocycles. The second-order valence-electron chi connectivity index (χ2n) is 11.2. The Kier molecular flexibility index (Phi) is 4.42. The Morgan fingerprint density at radius 3 is 1.74 bits per heavy atom. The van der Waals surface area contributed by atoms with Crippen LogP contribution >= 0.6 is 0 Å². The van der Waals surface area contributed by atoms with E-state index in [4.69, 9.17) is 4.98 Å². The van der Waals surface area contributed by atoms with Gasteiger partial charge >= 0.3 is 0 Å². The van der Waals surface area contributed by atoms with Crippen molar-refractivity contribution in [3.63, 3.8) is 0 Å². The SMILES string of the molecule is c1ccc(-n2c3ccccc3c3c4c5ccc6c(c7ccccc7c7nccn67)c5n(-c5ccccc5)c4ccc32)cc1. The maximum Gasteiger partial charge on any atom is 0.145 e. The van der Waals surface area contributed by atoms with Gasteiger partial charge in [-0.05, 0) is 53.9 Å². The summed E-state index contributed by atoms with van der Waals surface area (Å²) in [7, 11) is 0. The van der Waals surface area contributed by atoms with E-state index in [0.717, 1.165) is 22.2 Å². The third kappa shape index (κ3) is 2.92. The van der Waals surface area contributed by atoms with Gasteiger partial charge in [-0.1, -0.05) is 84.9 Å². The van der Waals surface area contributed by atoms with Crippen LogP contribution in [0.5, 0.6) is 0 Å². The van der Waals surface area contributed by atoms with E-state index in [1.165, 1.54) is 60.1 Å². The van der Waals surface area contributed by atoms with Crippen LogP contribution in [0.15, 0.2) is 146 Å². The highest BCUT2D eigenvalue weighted by Gasteiger charge is 2.23. The summed E-state index contributed by atoms with van der Waals surface area (Å²) in [5.41, 5.74) is 9.29. The van der Waals surface area contributed by atoms with Gasteiger partial charge in [0.25, 0.3) is 0 Å². The number of fused-ring (bicyclic) bond motifs is 14. The first kappa shape index (κ1) is 22.8. The number of benzene rings is 6. The topological polar surface area (TPSA) is 27.2 Å². The largest absolute Gasteiger partial charge is 0.309 e. The lowest BCUT2D eigenvalue weighted by atomic mass is 10.0. The van der Waals surface area contributed by atoms with E-state index >= 15 is 0 Å². The molecular weight excluding hydrogens is 524 g/mol. The van der Waals surface area contributed by atoms with E-state index in [-0.39, 0.29) is 0 Å². The molecule has 10 rings (SSSR count). The number of nitrogens with zero attached hydrogens (tertiary/aromatic N) is 4. The first-order chi connectivity index (χ1) is 21.4. The highest BCUT2D eigenvalue weighted by Crippen LogP contribution is 2.45. The number of aromatic nitrogens is 4. The fourth-order valence-electron chi connectivity index (χ4n) is 7.40. The number of imidazole rings is 1. The van der Waals surface area contributed by atoms with Gasteiger partial charge in [-0.25, -0.2) is 4.98 Å². The van der Waals surface area contributed by atoms with Gasteiger partial charge < -0.3 is 9.13 Å². The van der Waals surface area contributed by atoms with Crippen LogP contribution in [0.1, 0.15) is 0 Å². The Labute approximate surface area is 246 Å². The summed E-state index contributed by atoms with van der Waals surface area (Å²) < 4.78 is 7.11. The third-order valence-electron chi connectivity index (χ3n) is 9.07. The number of para-hydroxylation sites is 3. The molecule has 0 atom stereocenters. The molecule has 0 aliphatic heterocycles. The van der Waals surface area contributed by atoms with Gasteiger partial charge in [-0.2, -0.15) is 0 Å². The van der Waals surface area contributed by atoms with Gasteiger partial charge in [0.05, 0.1) is 27.6 Å². The first-order valence-electron chi connectivity index (χ1n) is 14.7. The average molecular weight is 549 g/mol. The fourth-order valence-corrected chi connectivity index (χ4v) is 7.40. The predicted octanol–water partition coefficient (Wildman–Crippen LogP) is 9.83. The zero-order valence-electron chi connectivity index (χ0n) is 23.1. The lowest BCUT2D eigenvalue weighted by Crippen LogP contribution is -1.97. The van der Waals surface area contributed by atoms with E-state index in [1.807, 2.05) is 6.20 Å². The van der Waals surface area contributed by atoms with Crippen LogP contribution in [0.25, 0.3) is 82.3 Å². The molecule has 4 nitrogen and oxygen atoms in total. The van der Waals surface area contributed by atoms with Crippen LogP contribution in [-0.4, -0.2) is 18.5 Å². The molecule has 4 heterocycles. The number of pyridine rings is 1. The summed E-state index contributed by atoms with van der Waals surface area (Å²) in [6.07, 6.45) is 3.98. The minimum Gasteiger partial charge on any atom is -0.309 e. The molecule has 0 aliphatic carbocycles. The van der Waals surface area contributed by atoms with Crippen molar-refractivity contribution in [2.24, 2.45) is 0 Å². The second kappa shape index (κ2) is 8.34. The smallest absolute Gasteiger partial charge is 0.145 e. The summed E-state index contributed by atoms with van der Waals surface area (Å²) in [5, 5.41) is 8.67. The van der Waals surface area contributed by atoms with Crippen LogP contribution in [0.2, 0.25) is 0 Å². The summed E-state index contributed by atoms with van der Waals surface area (Å²) in [4.78, 5) is 4.76. The van der Waals surface area contributed by atoms with Crippen LogP contribution in [-0.2, 0) is 0 Å². The summed E-state index contributed by atoms with van der Waals surface area (Å²) in [6.45, 7) is 0. The predicted molar refractivity (Wildman–Crippen MR) is 179 cm³/mol. The Bertz CT molecular complexity index is 2710. The molecule has 0 saturated carbocycles. The molecule has 0 spiro atoms. The monoisotopic (exact) mass is 548 g/mol. The zero-order valence-corrected chi connectivity index (χ0v) is 23.1. The van der Waals surface area contributed by atoms with E-state index in [9.17, 15) is 0 Å². The van der Waals surface area contributed by atoms with Crippen molar-refractivity contribution in [1.29, 1.82) is 0 Å². The molecule has 200 valence electrons. The normalized spacial score (nSPS) is 12.2. The molecule has 4 aromatic heterocycles. The second-order valence-corrected chi connectivity index (χ2v) is 11.2. The van der Waals surface area contributed by atoms with Crippen molar-refractivity contribution in [2.75, 3.05) is 0 Å². The van der Waals surface area contributed by atoms with Gasteiger partial charge in [0.1, 0.15) is 5.65 Å². The van der Waals surface area contributed by atoms with Gasteiger partial charge in [0, 0.05) is 56.1 Å². The van der Waals surface area contributed by atoms with Crippen molar-refractivity contribution < 1.29 is 0 Å². The Hall–Kier alpha value is -5.87. The van der Waals surface area contributed by atoms with Crippen LogP contribution < -0.4 is 0 Å². The fraction of sp³-hybridized carbons (Fsp3) is 0. The highest BCUT2D eigenvalue weighted by molar-refractivity contribution is 6.33. The molecule has 0 N–H and O–H groups in total. The van der Waals surface area contributed by atoms with E-state index in [1.54, 1.807) is 0 Å². The molecule has 6 aromatic carbocycles. The lowest BCUT2D eigenvalue weighted by molar-refractivity contribution is 1.17. The summed E-state index contributed by atoms with van der Waals surface area (Å²) >= 11 is 0. The van der Waals surface area contributed by atoms with Gasteiger partial charge in [-0.15, -0.1) is 0 Å². The van der Waals surface area contributed by atoms with Crippen LogP contribution in [0, 0.1) is 0 Å². The Morgan fingerprint density at radius 2 is 0.977 bits per heavy atom. The Morgan fingerprint density at radius 1 is 0.395 bits per heavy atom. The molecule has 4 heteroatoms. The van der Waals surface area contributed by atoms with Crippen molar-refractivity contribution in [1.82, 2.24) is 18.5 Å². The van der Waals surface area contributed by atoms with E-state index < -0.39 is 0 Å². The first-order valence-corrected chi connectivity index (χ1v) is 14.7. The standard InChI is InChI=1S/C39H24N4/c1-3-11-25(12-4-1)42-31-18-10-9-17-29(31)35-33(42)21-22-34-36(35)30-19-20-32-37(38(30)43(34)26-13-5-2-6-14-26)27-15-7-8-16-28(27)39-40-23-24-41(32)39/h1-24H. The zero-order chi connectivity index (χ0) is 28.1. The molecule has 43 heavy (non-hydrogen) atoms. The van der Waals surface area contributed by atoms with Crippen LogP contribution in [0.4, 0.5) is 0 Å². The lowest BCUT2D eigenvalue weighted by Gasteiger charge is -2.13. The molecular formula is C39H24N4. The van der Waals surface area contributed by atoms with Crippen molar-refractivity contribution >= 4 is 70.9 Å². The van der Waals surface area contributed by atoms with Crippen molar-refractivity contribution in [3.8, 4) is 11.4 Å². The maximum absolute atomic E-state index is 4.76. The van der Waals surface area contributed by atoms with Crippen molar-refractivity contribution in [2.45, 2.75) is 0 Å². The minimum atomic E-state index is 0.984. The molecule has 0 radical (unpaired) electrons. The number of hydrogen-bond donors (Lipinski definition) is 0. The molecule has 0 amide bonds. The summed E-state index contributed by atoms with van der Waals surface area (Å²) in [6, 6.07) is 48.2. The number of rotatable bonds is 2. The number of hydrogen-bond acceptors (Lipinski definition) is 1. The quantitative estimate of drug-likeness (QED) is 0.198. The molecule has 0 aliphatic rings. The van der Waals surface area contributed by atoms with E-state index in [0.29, 0.717) is 0 Å². The third-order valence-corrected chi connectivity index (χ3v) is 9.07. The van der Waals surface area contributed by atoms with Gasteiger partial charge in [-0.3, -0.25) is 4.40 Å².